The zero-order valence-electron chi connectivity index (χ0n) is 12.3. The van der Waals surface area contributed by atoms with E-state index in [2.05, 4.69) is 15.6 Å². The van der Waals surface area contributed by atoms with Crippen molar-refractivity contribution >= 4 is 16.0 Å². The van der Waals surface area contributed by atoms with Crippen LogP contribution in [0.15, 0.2) is 4.99 Å². The van der Waals surface area contributed by atoms with Crippen molar-refractivity contribution in [2.24, 2.45) is 4.99 Å². The van der Waals surface area contributed by atoms with Gasteiger partial charge < -0.3 is 15.4 Å². The van der Waals surface area contributed by atoms with E-state index in [0.29, 0.717) is 26.3 Å². The molecular formula is C11H21F3N4O3S. The van der Waals surface area contributed by atoms with Crippen LogP contribution in [-0.4, -0.2) is 77.1 Å². The molecule has 130 valence electrons. The third kappa shape index (κ3) is 7.27. The van der Waals surface area contributed by atoms with E-state index in [1.165, 1.54) is 11.4 Å². The number of hydrogen-bond donors (Lipinski definition) is 2. The first kappa shape index (κ1) is 19.0. The maximum Gasteiger partial charge on any atom is 0.390 e. The number of guanidine groups is 1. The molecule has 0 spiro atoms. The average Bonchev–Trinajstić information content (AvgIpc) is 2.45. The molecule has 0 aromatic heterocycles. The van der Waals surface area contributed by atoms with Crippen LogP contribution in [0.1, 0.15) is 6.42 Å². The van der Waals surface area contributed by atoms with Gasteiger partial charge >= 0.3 is 6.18 Å². The van der Waals surface area contributed by atoms with Crippen molar-refractivity contribution in [3.8, 4) is 0 Å². The van der Waals surface area contributed by atoms with Crippen LogP contribution in [0.3, 0.4) is 0 Å². The van der Waals surface area contributed by atoms with E-state index in [1.54, 1.807) is 0 Å². The van der Waals surface area contributed by atoms with Crippen molar-refractivity contribution in [2.75, 3.05) is 52.2 Å². The molecule has 0 aromatic rings. The van der Waals surface area contributed by atoms with Gasteiger partial charge in [0.25, 0.3) is 0 Å². The highest BCUT2D eigenvalue weighted by Crippen LogP contribution is 2.17. The molecule has 0 atom stereocenters. The van der Waals surface area contributed by atoms with Crippen LogP contribution in [0.4, 0.5) is 13.2 Å². The lowest BCUT2D eigenvalue weighted by Gasteiger charge is -2.26. The molecule has 22 heavy (non-hydrogen) atoms. The predicted molar refractivity (Wildman–Crippen MR) is 76.2 cm³/mol. The molecule has 0 radical (unpaired) electrons. The molecule has 0 unspecified atom stereocenters. The van der Waals surface area contributed by atoms with Crippen molar-refractivity contribution in [3.63, 3.8) is 0 Å². The van der Waals surface area contributed by atoms with Gasteiger partial charge in [-0.05, 0) is 0 Å². The van der Waals surface area contributed by atoms with E-state index in [9.17, 15) is 21.6 Å². The Labute approximate surface area is 128 Å². The lowest BCUT2D eigenvalue weighted by atomic mass is 10.4. The number of sulfonamides is 1. The standard InChI is InChI=1S/C11H21F3N4O3S/c1-15-10(16-3-2-11(12,13)14)17-4-9-22(19,20)18-5-7-21-8-6-18/h2-9H2,1H3,(H2,15,16,17). The molecule has 7 nitrogen and oxygen atoms in total. The topological polar surface area (TPSA) is 83.0 Å². The van der Waals surface area contributed by atoms with Crippen molar-refractivity contribution < 1.29 is 26.3 Å². The number of rotatable bonds is 6. The normalized spacial score (nSPS) is 18.3. The fourth-order valence-corrected chi connectivity index (χ4v) is 3.12. The summed E-state index contributed by atoms with van der Waals surface area (Å²) in [6.07, 6.45) is -5.23. The number of hydrogen-bond acceptors (Lipinski definition) is 4. The van der Waals surface area contributed by atoms with Crippen LogP contribution in [0.2, 0.25) is 0 Å². The number of halogens is 3. The van der Waals surface area contributed by atoms with Gasteiger partial charge in [0, 0.05) is 33.2 Å². The molecule has 0 aromatic carbocycles. The van der Waals surface area contributed by atoms with E-state index in [4.69, 9.17) is 4.74 Å². The van der Waals surface area contributed by atoms with Crippen LogP contribution in [-0.2, 0) is 14.8 Å². The maximum absolute atomic E-state index is 12.0. The lowest BCUT2D eigenvalue weighted by molar-refractivity contribution is -0.132. The van der Waals surface area contributed by atoms with Crippen LogP contribution < -0.4 is 10.6 Å². The molecule has 0 aliphatic carbocycles. The number of alkyl halides is 3. The van der Waals surface area contributed by atoms with Crippen LogP contribution in [0.5, 0.6) is 0 Å². The van der Waals surface area contributed by atoms with Crippen molar-refractivity contribution in [3.05, 3.63) is 0 Å². The first-order valence-electron chi connectivity index (χ1n) is 6.81. The minimum absolute atomic E-state index is 0.0609. The SMILES string of the molecule is CN=C(NCCC(F)(F)F)NCCS(=O)(=O)N1CCOCC1. The van der Waals surface area contributed by atoms with Gasteiger partial charge in [-0.3, -0.25) is 4.99 Å². The highest BCUT2D eigenvalue weighted by Gasteiger charge is 2.26. The van der Waals surface area contributed by atoms with Gasteiger partial charge in [0.1, 0.15) is 0 Å². The quantitative estimate of drug-likeness (QED) is 0.513. The van der Waals surface area contributed by atoms with Gasteiger partial charge in [-0.2, -0.15) is 17.5 Å². The Balaban J connectivity index is 2.31. The summed E-state index contributed by atoms with van der Waals surface area (Å²) < 4.78 is 66.6. The Kier molecular flexibility index (Phi) is 7.36. The highest BCUT2D eigenvalue weighted by atomic mass is 32.2. The summed E-state index contributed by atoms with van der Waals surface area (Å²) in [6, 6.07) is 0. The number of ether oxygens (including phenoxy) is 1. The highest BCUT2D eigenvalue weighted by molar-refractivity contribution is 7.89. The van der Waals surface area contributed by atoms with Crippen LogP contribution in [0, 0.1) is 0 Å². The zero-order chi connectivity index (χ0) is 16.6. The maximum atomic E-state index is 12.0. The Hall–Kier alpha value is -1.07. The number of nitrogens with zero attached hydrogens (tertiary/aromatic N) is 2. The number of nitrogens with one attached hydrogen (secondary N) is 2. The zero-order valence-corrected chi connectivity index (χ0v) is 13.1. The summed E-state index contributed by atoms with van der Waals surface area (Å²) in [4.78, 5) is 3.74. The van der Waals surface area contributed by atoms with E-state index in [-0.39, 0.29) is 24.8 Å². The molecule has 0 saturated carbocycles. The molecule has 1 heterocycles. The fraction of sp³-hybridized carbons (Fsp3) is 0.909. The molecule has 2 N–H and O–H groups in total. The first-order chi connectivity index (χ1) is 10.2. The van der Waals surface area contributed by atoms with E-state index < -0.39 is 22.6 Å². The van der Waals surface area contributed by atoms with Crippen molar-refractivity contribution in [1.29, 1.82) is 0 Å². The monoisotopic (exact) mass is 346 g/mol. The second-order valence-electron chi connectivity index (χ2n) is 4.62. The summed E-state index contributed by atoms with van der Waals surface area (Å²) in [7, 11) is -2.00. The van der Waals surface area contributed by atoms with E-state index in [0.717, 1.165) is 0 Å². The Morgan fingerprint density at radius 2 is 1.82 bits per heavy atom. The Morgan fingerprint density at radius 3 is 2.36 bits per heavy atom. The van der Waals surface area contributed by atoms with Gasteiger partial charge in [-0.15, -0.1) is 0 Å². The second-order valence-corrected chi connectivity index (χ2v) is 6.71. The predicted octanol–water partition coefficient (Wildman–Crippen LogP) is -0.234. The summed E-state index contributed by atoms with van der Waals surface area (Å²) in [5.41, 5.74) is 0. The van der Waals surface area contributed by atoms with Gasteiger partial charge in [-0.1, -0.05) is 0 Å². The molecule has 11 heteroatoms. The molecule has 1 saturated heterocycles. The third-order valence-electron chi connectivity index (χ3n) is 2.94. The summed E-state index contributed by atoms with van der Waals surface area (Å²) in [5.74, 6) is -0.0195. The number of morpholine rings is 1. The minimum atomic E-state index is -4.24. The molecule has 1 aliphatic heterocycles. The van der Waals surface area contributed by atoms with Gasteiger partial charge in [-0.25, -0.2) is 8.42 Å². The smallest absolute Gasteiger partial charge is 0.379 e. The van der Waals surface area contributed by atoms with Crippen molar-refractivity contribution in [2.45, 2.75) is 12.6 Å². The van der Waals surface area contributed by atoms with Gasteiger partial charge in [0.05, 0.1) is 25.4 Å². The molecule has 0 bridgehead atoms. The largest absolute Gasteiger partial charge is 0.390 e. The second kappa shape index (κ2) is 8.53. The van der Waals surface area contributed by atoms with Gasteiger partial charge in [0.2, 0.25) is 10.0 Å². The van der Waals surface area contributed by atoms with Gasteiger partial charge in [0.15, 0.2) is 5.96 Å². The number of aliphatic imine (C=N–C) groups is 1. The van der Waals surface area contributed by atoms with E-state index in [1.807, 2.05) is 0 Å². The Morgan fingerprint density at radius 1 is 1.23 bits per heavy atom. The molecule has 1 fully saturated rings. The van der Waals surface area contributed by atoms with Crippen LogP contribution in [0.25, 0.3) is 0 Å². The lowest BCUT2D eigenvalue weighted by Crippen LogP contribution is -2.45. The van der Waals surface area contributed by atoms with Crippen molar-refractivity contribution in [1.82, 2.24) is 14.9 Å². The minimum Gasteiger partial charge on any atom is -0.379 e. The summed E-state index contributed by atoms with van der Waals surface area (Å²) in [6.45, 7) is 1.12. The van der Waals surface area contributed by atoms with E-state index >= 15 is 0 Å². The fourth-order valence-electron chi connectivity index (χ4n) is 1.80. The molecule has 1 rings (SSSR count). The average molecular weight is 346 g/mol. The first-order valence-corrected chi connectivity index (χ1v) is 8.42. The Bertz CT molecular complexity index is 462. The molecule has 0 amide bonds. The van der Waals surface area contributed by atoms with Crippen LogP contribution >= 0.6 is 0 Å². The third-order valence-corrected chi connectivity index (χ3v) is 4.81. The molecular weight excluding hydrogens is 325 g/mol. The summed E-state index contributed by atoms with van der Waals surface area (Å²) in [5, 5.41) is 5.17. The molecule has 1 aliphatic rings. The summed E-state index contributed by atoms with van der Waals surface area (Å²) >= 11 is 0.